The SMILES string of the molecule is CCc1cc(-c2ccc(F)cc2)ccc1C1=C(O)[C@H]2[C@@H](C1=O)[C@@H]1CC[C@H]2O1. The molecular weight excluding hydrogens is 343 g/mol. The minimum absolute atomic E-state index is 0.0222. The number of fused-ring (bicyclic) bond motifs is 5. The second kappa shape index (κ2) is 6.03. The summed E-state index contributed by atoms with van der Waals surface area (Å²) in [5, 5.41) is 10.9. The Balaban J connectivity index is 1.57. The zero-order valence-electron chi connectivity index (χ0n) is 15.1. The largest absolute Gasteiger partial charge is 0.511 e. The maximum Gasteiger partial charge on any atom is 0.173 e. The fourth-order valence-corrected chi connectivity index (χ4v) is 5.04. The van der Waals surface area contributed by atoms with Crippen molar-refractivity contribution in [3.05, 3.63) is 65.2 Å². The topological polar surface area (TPSA) is 46.5 Å². The van der Waals surface area contributed by atoms with Crippen molar-refractivity contribution in [3.63, 3.8) is 0 Å². The van der Waals surface area contributed by atoms with E-state index in [4.69, 9.17) is 4.74 Å². The molecule has 3 aliphatic rings. The summed E-state index contributed by atoms with van der Waals surface area (Å²) >= 11 is 0. The number of halogens is 1. The van der Waals surface area contributed by atoms with Crippen LogP contribution in [0.3, 0.4) is 0 Å². The molecule has 27 heavy (non-hydrogen) atoms. The third-order valence-electron chi connectivity index (χ3n) is 6.33. The van der Waals surface area contributed by atoms with Gasteiger partial charge in [-0.2, -0.15) is 0 Å². The lowest BCUT2D eigenvalue weighted by atomic mass is 9.80. The van der Waals surface area contributed by atoms with Crippen molar-refractivity contribution in [2.75, 3.05) is 0 Å². The molecule has 0 radical (unpaired) electrons. The van der Waals surface area contributed by atoms with Crippen molar-refractivity contribution in [2.45, 2.75) is 38.4 Å². The summed E-state index contributed by atoms with van der Waals surface area (Å²) in [6.45, 7) is 2.04. The van der Waals surface area contributed by atoms with Gasteiger partial charge in [-0.1, -0.05) is 37.3 Å². The van der Waals surface area contributed by atoms with Crippen LogP contribution < -0.4 is 0 Å². The number of ether oxygens (including phenoxy) is 1. The van der Waals surface area contributed by atoms with Gasteiger partial charge in [0.2, 0.25) is 0 Å². The molecule has 0 aromatic heterocycles. The maximum atomic E-state index is 13.2. The Kier molecular flexibility index (Phi) is 3.73. The molecule has 5 rings (SSSR count). The minimum atomic E-state index is -0.263. The highest BCUT2D eigenvalue weighted by Gasteiger charge is 2.59. The van der Waals surface area contributed by atoms with Gasteiger partial charge >= 0.3 is 0 Å². The Hall–Kier alpha value is -2.46. The van der Waals surface area contributed by atoms with Gasteiger partial charge in [-0.05, 0) is 53.6 Å². The number of ketones is 1. The Morgan fingerprint density at radius 1 is 1.04 bits per heavy atom. The van der Waals surface area contributed by atoms with Crippen molar-refractivity contribution in [2.24, 2.45) is 11.8 Å². The molecule has 1 aliphatic carbocycles. The van der Waals surface area contributed by atoms with Gasteiger partial charge in [0.1, 0.15) is 11.6 Å². The molecule has 0 unspecified atom stereocenters. The molecule has 0 saturated carbocycles. The van der Waals surface area contributed by atoms with Crippen LogP contribution in [0.15, 0.2) is 48.2 Å². The predicted octanol–water partition coefficient (Wildman–Crippen LogP) is 4.70. The van der Waals surface area contributed by atoms with Crippen molar-refractivity contribution >= 4 is 11.4 Å². The number of aliphatic hydroxyl groups is 1. The fourth-order valence-electron chi connectivity index (χ4n) is 5.04. The van der Waals surface area contributed by atoms with Crippen LogP contribution in [0.4, 0.5) is 4.39 Å². The highest BCUT2D eigenvalue weighted by atomic mass is 19.1. The summed E-state index contributed by atoms with van der Waals surface area (Å²) in [6, 6.07) is 12.3. The van der Waals surface area contributed by atoms with Gasteiger partial charge in [0.15, 0.2) is 5.78 Å². The molecule has 2 aliphatic heterocycles. The van der Waals surface area contributed by atoms with Crippen LogP contribution in [0.1, 0.15) is 30.9 Å². The number of benzene rings is 2. The standard InChI is InChI=1S/C23H21FO3/c1-2-12-11-14(13-3-6-15(24)7-4-13)5-8-16(12)19-22(25)20-17-9-10-18(27-17)21(20)23(19)26/h3-8,11,17-18,20-21,25H,2,9-10H2,1H3/t17-,18+,20-,21+/m1/s1. The summed E-state index contributed by atoms with van der Waals surface area (Å²) in [6.07, 6.45) is 2.50. The number of aliphatic hydroxyl groups excluding tert-OH is 1. The molecule has 2 heterocycles. The summed E-state index contributed by atoms with van der Waals surface area (Å²) in [5.41, 5.74) is 4.22. The van der Waals surface area contributed by atoms with Crippen LogP contribution in [0.2, 0.25) is 0 Å². The van der Waals surface area contributed by atoms with Crippen LogP contribution in [0.25, 0.3) is 16.7 Å². The lowest BCUT2D eigenvalue weighted by molar-refractivity contribution is -0.118. The van der Waals surface area contributed by atoms with Crippen LogP contribution in [-0.2, 0) is 16.0 Å². The molecule has 3 nitrogen and oxygen atoms in total. The second-order valence-electron chi connectivity index (χ2n) is 7.70. The van der Waals surface area contributed by atoms with Crippen molar-refractivity contribution in [1.82, 2.24) is 0 Å². The van der Waals surface area contributed by atoms with Crippen LogP contribution in [0, 0.1) is 17.7 Å². The Bertz CT molecular complexity index is 960. The van der Waals surface area contributed by atoms with Gasteiger partial charge in [0, 0.05) is 0 Å². The van der Waals surface area contributed by atoms with Crippen LogP contribution in [-0.4, -0.2) is 23.1 Å². The number of hydrogen-bond donors (Lipinski definition) is 1. The molecule has 2 fully saturated rings. The van der Waals surface area contributed by atoms with Gasteiger partial charge in [-0.15, -0.1) is 0 Å². The smallest absolute Gasteiger partial charge is 0.173 e. The normalized spacial score (nSPS) is 28.9. The molecule has 4 heteroatoms. The lowest BCUT2D eigenvalue weighted by Gasteiger charge is -2.19. The fraction of sp³-hybridized carbons (Fsp3) is 0.348. The number of aryl methyl sites for hydroxylation is 1. The van der Waals surface area contributed by atoms with Gasteiger partial charge in [-0.3, -0.25) is 4.79 Å². The lowest BCUT2D eigenvalue weighted by Crippen LogP contribution is -2.29. The molecule has 4 atom stereocenters. The summed E-state index contributed by atoms with van der Waals surface area (Å²) in [5.74, 6) is -0.426. The number of rotatable bonds is 3. The van der Waals surface area contributed by atoms with Gasteiger partial charge in [-0.25, -0.2) is 4.39 Å². The minimum Gasteiger partial charge on any atom is -0.511 e. The van der Waals surface area contributed by atoms with Gasteiger partial charge in [0.25, 0.3) is 0 Å². The number of Topliss-reactive ketones (excluding diaryl/α,β-unsaturated/α-hetero) is 1. The molecule has 2 aromatic rings. The Morgan fingerprint density at radius 2 is 1.70 bits per heavy atom. The summed E-state index contributed by atoms with van der Waals surface area (Å²) in [7, 11) is 0. The molecule has 0 amide bonds. The molecule has 138 valence electrons. The molecule has 2 bridgehead atoms. The van der Waals surface area contributed by atoms with E-state index < -0.39 is 0 Å². The summed E-state index contributed by atoms with van der Waals surface area (Å²) < 4.78 is 19.1. The first-order chi connectivity index (χ1) is 13.1. The van der Waals surface area contributed by atoms with E-state index in [9.17, 15) is 14.3 Å². The first-order valence-corrected chi connectivity index (χ1v) is 9.60. The molecule has 1 N–H and O–H groups in total. The highest BCUT2D eigenvalue weighted by Crippen LogP contribution is 2.53. The number of carbonyl (C=O) groups is 1. The van der Waals surface area contributed by atoms with Crippen molar-refractivity contribution < 1.29 is 19.0 Å². The second-order valence-corrected chi connectivity index (χ2v) is 7.70. The van der Waals surface area contributed by atoms with E-state index >= 15 is 0 Å². The third-order valence-corrected chi connectivity index (χ3v) is 6.33. The zero-order chi connectivity index (χ0) is 18.7. The first-order valence-electron chi connectivity index (χ1n) is 9.60. The van der Waals surface area contributed by atoms with Gasteiger partial charge < -0.3 is 9.84 Å². The Morgan fingerprint density at radius 3 is 2.37 bits per heavy atom. The highest BCUT2D eigenvalue weighted by molar-refractivity contribution is 6.25. The van der Waals surface area contributed by atoms with E-state index in [-0.39, 0.29) is 41.4 Å². The maximum absolute atomic E-state index is 13.2. The Labute approximate surface area is 157 Å². The van der Waals surface area contributed by atoms with E-state index in [1.807, 2.05) is 25.1 Å². The molecule has 2 aromatic carbocycles. The van der Waals surface area contributed by atoms with E-state index in [0.29, 0.717) is 5.57 Å². The third kappa shape index (κ3) is 2.39. The number of allylic oxidation sites excluding steroid dienone is 1. The van der Waals surface area contributed by atoms with Crippen molar-refractivity contribution in [3.8, 4) is 11.1 Å². The van der Waals surface area contributed by atoms with E-state index in [1.54, 1.807) is 12.1 Å². The monoisotopic (exact) mass is 364 g/mol. The molecule has 0 spiro atoms. The van der Waals surface area contributed by atoms with E-state index in [0.717, 1.165) is 41.5 Å². The van der Waals surface area contributed by atoms with Crippen molar-refractivity contribution in [1.29, 1.82) is 0 Å². The van der Waals surface area contributed by atoms with E-state index in [2.05, 4.69) is 0 Å². The zero-order valence-corrected chi connectivity index (χ0v) is 15.1. The quantitative estimate of drug-likeness (QED) is 0.859. The average Bonchev–Trinajstić information content (AvgIpc) is 3.36. The number of carbonyl (C=O) groups excluding carboxylic acids is 1. The van der Waals surface area contributed by atoms with Crippen LogP contribution >= 0.6 is 0 Å². The first kappa shape index (κ1) is 16.7. The average molecular weight is 364 g/mol. The summed E-state index contributed by atoms with van der Waals surface area (Å²) in [4.78, 5) is 13.1. The number of hydrogen-bond acceptors (Lipinski definition) is 3. The van der Waals surface area contributed by atoms with Gasteiger partial charge in [0.05, 0.1) is 29.6 Å². The molecular formula is C23H21FO3. The van der Waals surface area contributed by atoms with Crippen LogP contribution in [0.5, 0.6) is 0 Å². The van der Waals surface area contributed by atoms with E-state index in [1.165, 1.54) is 12.1 Å². The predicted molar refractivity (Wildman–Crippen MR) is 101 cm³/mol. The molecule has 2 saturated heterocycles.